The van der Waals surface area contributed by atoms with Crippen LogP contribution < -0.4 is 0 Å². The van der Waals surface area contributed by atoms with E-state index in [4.69, 9.17) is 0 Å². The average Bonchev–Trinajstić information content (AvgIpc) is 2.67. The maximum atomic E-state index is 14.9. The Kier molecular flexibility index (Phi) is 5.82. The summed E-state index contributed by atoms with van der Waals surface area (Å²) in [5.41, 5.74) is 2.87. The fourth-order valence-corrected chi connectivity index (χ4v) is 2.85. The largest absolute Gasteiger partial charge is 0.252 e. The number of nitrogens with zero attached hydrogens (tertiary/aromatic N) is 4. The van der Waals surface area contributed by atoms with E-state index in [0.717, 1.165) is 5.56 Å². The second-order valence-corrected chi connectivity index (χ2v) is 8.02. The minimum Gasteiger partial charge on any atom is -0.252 e. The highest BCUT2D eigenvalue weighted by molar-refractivity contribution is 5.64. The van der Waals surface area contributed by atoms with E-state index in [2.05, 4.69) is 33.8 Å². The average molecular weight is 378 g/mol. The van der Waals surface area contributed by atoms with E-state index in [9.17, 15) is 4.39 Å². The molecule has 1 aromatic carbocycles. The monoisotopic (exact) mass is 378 g/mol. The summed E-state index contributed by atoms with van der Waals surface area (Å²) in [6.45, 7) is 12.4. The van der Waals surface area contributed by atoms with Crippen molar-refractivity contribution in [2.24, 2.45) is 0 Å². The van der Waals surface area contributed by atoms with Crippen molar-refractivity contribution in [1.82, 2.24) is 19.9 Å². The van der Waals surface area contributed by atoms with Gasteiger partial charge in [0.15, 0.2) is 5.82 Å². The highest BCUT2D eigenvalue weighted by Crippen LogP contribution is 2.27. The number of rotatable bonds is 5. The molecule has 0 aliphatic heterocycles. The molecule has 146 valence electrons. The second kappa shape index (κ2) is 8.13. The molecule has 2 heterocycles. The molecule has 0 aliphatic rings. The van der Waals surface area contributed by atoms with Crippen LogP contribution in [0.2, 0.25) is 0 Å². The molecule has 0 bridgehead atoms. The smallest absolute Gasteiger partial charge is 0.165 e. The summed E-state index contributed by atoms with van der Waals surface area (Å²) < 4.78 is 14.9. The van der Waals surface area contributed by atoms with Crippen LogP contribution in [0.15, 0.2) is 36.5 Å². The molecule has 0 saturated carbocycles. The maximum Gasteiger partial charge on any atom is 0.165 e. The number of hydrogen-bond donors (Lipinski definition) is 0. The van der Waals surface area contributed by atoms with E-state index in [1.165, 1.54) is 11.6 Å². The van der Waals surface area contributed by atoms with Crippen LogP contribution in [0.3, 0.4) is 0 Å². The maximum absolute atomic E-state index is 14.9. The summed E-state index contributed by atoms with van der Waals surface area (Å²) in [6.07, 6.45) is 1.64. The van der Waals surface area contributed by atoms with Gasteiger partial charge in [-0.1, -0.05) is 65.8 Å². The number of aromatic nitrogens is 4. The van der Waals surface area contributed by atoms with Crippen LogP contribution in [0.4, 0.5) is 4.39 Å². The fourth-order valence-electron chi connectivity index (χ4n) is 2.85. The summed E-state index contributed by atoms with van der Waals surface area (Å²) in [4.78, 5) is 18.0. The second-order valence-electron chi connectivity index (χ2n) is 8.02. The number of hydrogen-bond acceptors (Lipinski definition) is 4. The minimum absolute atomic E-state index is 0.163. The van der Waals surface area contributed by atoms with Crippen molar-refractivity contribution in [3.8, 4) is 22.6 Å². The Morgan fingerprint density at radius 2 is 1.29 bits per heavy atom. The standard InChI is InChI=1S/C23H27FN4/c1-13(2)16-7-9-17(10-8-16)20-19(24)11-18(12-25-20)23-27-21(14(3)4)26-22(28-23)15(5)6/h7-15H,1-6H3. The molecule has 0 fully saturated rings. The zero-order valence-corrected chi connectivity index (χ0v) is 17.4. The van der Waals surface area contributed by atoms with E-state index in [1.807, 2.05) is 52.0 Å². The third-order valence-corrected chi connectivity index (χ3v) is 4.65. The predicted octanol–water partition coefficient (Wildman–Crippen LogP) is 6.11. The third kappa shape index (κ3) is 4.24. The summed E-state index contributed by atoms with van der Waals surface area (Å²) in [7, 11) is 0. The topological polar surface area (TPSA) is 51.6 Å². The molecule has 5 heteroatoms. The van der Waals surface area contributed by atoms with Gasteiger partial charge in [-0.25, -0.2) is 19.3 Å². The van der Waals surface area contributed by atoms with Crippen molar-refractivity contribution >= 4 is 0 Å². The summed E-state index contributed by atoms with van der Waals surface area (Å²) in [5, 5.41) is 0. The SMILES string of the molecule is CC(C)c1ccc(-c2ncc(-c3nc(C(C)C)nc(C(C)C)n3)cc2F)cc1. The molecule has 0 saturated heterocycles. The lowest BCUT2D eigenvalue weighted by Gasteiger charge is -2.12. The van der Waals surface area contributed by atoms with E-state index in [0.29, 0.717) is 34.6 Å². The van der Waals surface area contributed by atoms with Gasteiger partial charge in [-0.3, -0.25) is 4.98 Å². The molecular weight excluding hydrogens is 351 g/mol. The number of halogens is 1. The Morgan fingerprint density at radius 1 is 0.714 bits per heavy atom. The lowest BCUT2D eigenvalue weighted by atomic mass is 10.0. The van der Waals surface area contributed by atoms with Gasteiger partial charge in [-0.2, -0.15) is 0 Å². The molecule has 0 atom stereocenters. The van der Waals surface area contributed by atoms with Crippen LogP contribution in [0, 0.1) is 5.82 Å². The van der Waals surface area contributed by atoms with Gasteiger partial charge in [0.2, 0.25) is 0 Å². The molecule has 0 amide bonds. The Hall–Kier alpha value is -2.69. The van der Waals surface area contributed by atoms with Gasteiger partial charge in [0, 0.05) is 29.2 Å². The molecule has 0 N–H and O–H groups in total. The first kappa shape index (κ1) is 20.1. The Balaban J connectivity index is 2.00. The van der Waals surface area contributed by atoms with Crippen molar-refractivity contribution in [1.29, 1.82) is 0 Å². The third-order valence-electron chi connectivity index (χ3n) is 4.65. The van der Waals surface area contributed by atoms with Gasteiger partial charge < -0.3 is 0 Å². The molecular formula is C23H27FN4. The van der Waals surface area contributed by atoms with Gasteiger partial charge in [-0.15, -0.1) is 0 Å². The first-order valence-electron chi connectivity index (χ1n) is 9.78. The fraction of sp³-hybridized carbons (Fsp3) is 0.391. The Morgan fingerprint density at radius 3 is 1.75 bits per heavy atom. The molecule has 0 unspecified atom stereocenters. The van der Waals surface area contributed by atoms with Crippen molar-refractivity contribution < 1.29 is 4.39 Å². The zero-order chi connectivity index (χ0) is 20.4. The van der Waals surface area contributed by atoms with Crippen molar-refractivity contribution in [2.45, 2.75) is 59.3 Å². The van der Waals surface area contributed by atoms with Crippen LogP contribution in [0.1, 0.15) is 76.5 Å². The summed E-state index contributed by atoms with van der Waals surface area (Å²) in [6, 6.07) is 9.33. The molecule has 28 heavy (non-hydrogen) atoms. The van der Waals surface area contributed by atoms with E-state index in [-0.39, 0.29) is 17.7 Å². The van der Waals surface area contributed by atoms with Crippen molar-refractivity contribution in [3.05, 3.63) is 59.6 Å². The van der Waals surface area contributed by atoms with Gasteiger partial charge in [0.25, 0.3) is 0 Å². The van der Waals surface area contributed by atoms with Gasteiger partial charge in [0.05, 0.1) is 0 Å². The first-order valence-corrected chi connectivity index (χ1v) is 9.78. The van der Waals surface area contributed by atoms with Crippen LogP contribution in [-0.2, 0) is 0 Å². The summed E-state index contributed by atoms with van der Waals surface area (Å²) >= 11 is 0. The Bertz CT molecular complexity index is 937. The van der Waals surface area contributed by atoms with E-state index in [1.54, 1.807) is 6.20 Å². The highest BCUT2D eigenvalue weighted by Gasteiger charge is 2.16. The van der Waals surface area contributed by atoms with Crippen LogP contribution in [0.5, 0.6) is 0 Å². The molecule has 3 rings (SSSR count). The van der Waals surface area contributed by atoms with Crippen molar-refractivity contribution in [3.63, 3.8) is 0 Å². The molecule has 0 radical (unpaired) electrons. The quantitative estimate of drug-likeness (QED) is 0.537. The van der Waals surface area contributed by atoms with Crippen LogP contribution >= 0.6 is 0 Å². The van der Waals surface area contributed by atoms with Crippen LogP contribution in [-0.4, -0.2) is 19.9 Å². The Labute approximate surface area is 166 Å². The molecule has 0 aliphatic carbocycles. The molecule has 3 aromatic rings. The normalized spacial score (nSPS) is 11.6. The predicted molar refractivity (Wildman–Crippen MR) is 111 cm³/mol. The number of pyridine rings is 1. The minimum atomic E-state index is -0.382. The lowest BCUT2D eigenvalue weighted by molar-refractivity contribution is 0.625. The van der Waals surface area contributed by atoms with Crippen molar-refractivity contribution in [2.75, 3.05) is 0 Å². The highest BCUT2D eigenvalue weighted by atomic mass is 19.1. The zero-order valence-electron chi connectivity index (χ0n) is 17.4. The number of benzene rings is 1. The van der Waals surface area contributed by atoms with Gasteiger partial charge in [0.1, 0.15) is 23.2 Å². The van der Waals surface area contributed by atoms with Gasteiger partial charge in [-0.05, 0) is 17.5 Å². The lowest BCUT2D eigenvalue weighted by Crippen LogP contribution is -2.08. The van der Waals surface area contributed by atoms with E-state index >= 15 is 0 Å². The summed E-state index contributed by atoms with van der Waals surface area (Å²) in [5.74, 6) is 2.27. The molecule has 4 nitrogen and oxygen atoms in total. The first-order chi connectivity index (χ1) is 13.3. The molecule has 2 aromatic heterocycles. The molecule has 0 spiro atoms. The van der Waals surface area contributed by atoms with Crippen LogP contribution in [0.25, 0.3) is 22.6 Å². The van der Waals surface area contributed by atoms with Gasteiger partial charge >= 0.3 is 0 Å². The van der Waals surface area contributed by atoms with E-state index < -0.39 is 0 Å².